The number of benzene rings is 1. The molecular weight excluding hydrogens is 392 g/mol. The molecule has 0 bridgehead atoms. The van der Waals surface area contributed by atoms with Gasteiger partial charge in [0.1, 0.15) is 5.60 Å². The van der Waals surface area contributed by atoms with Gasteiger partial charge >= 0.3 is 5.97 Å². The van der Waals surface area contributed by atoms with E-state index in [0.29, 0.717) is 19.4 Å². The number of methoxy groups -OCH3 is 1. The highest BCUT2D eigenvalue weighted by atomic mass is 35.5. The number of nitrogens with two attached hydrogens (primary N) is 1. The van der Waals surface area contributed by atoms with Gasteiger partial charge in [0.2, 0.25) is 10.0 Å². The molecule has 1 saturated heterocycles. The van der Waals surface area contributed by atoms with Crippen LogP contribution in [0.3, 0.4) is 0 Å². The molecule has 0 spiro atoms. The second-order valence-corrected chi connectivity index (χ2v) is 9.98. The number of halogens is 1. The fourth-order valence-corrected chi connectivity index (χ4v) is 4.76. The van der Waals surface area contributed by atoms with Crippen LogP contribution in [0, 0.1) is 0 Å². The van der Waals surface area contributed by atoms with Gasteiger partial charge < -0.3 is 15.2 Å². The Hall–Kier alpha value is -1.19. The highest BCUT2D eigenvalue weighted by molar-refractivity contribution is 7.89. The largest absolute Gasteiger partial charge is 0.456 e. The summed E-state index contributed by atoms with van der Waals surface area (Å²) in [6.45, 7) is 5.97. The Bertz CT molecular complexity index is 790. The van der Waals surface area contributed by atoms with Crippen molar-refractivity contribution in [3.8, 4) is 0 Å². The van der Waals surface area contributed by atoms with Crippen molar-refractivity contribution in [2.24, 2.45) is 5.73 Å². The number of nitrogens with zero attached hydrogens (tertiary/aromatic N) is 1. The first-order valence-corrected chi connectivity index (χ1v) is 10.5. The third kappa shape index (κ3) is 5.00. The molecule has 2 rings (SSSR count). The molecule has 9 heteroatoms. The number of carbonyl (C=O) groups excluding carboxylic acids is 1. The summed E-state index contributed by atoms with van der Waals surface area (Å²) in [5.41, 5.74) is 4.44. The zero-order chi connectivity index (χ0) is 20.5. The number of piperidine rings is 1. The molecule has 7 nitrogen and oxygen atoms in total. The van der Waals surface area contributed by atoms with E-state index in [1.165, 1.54) is 22.5 Å². The molecule has 1 aliphatic rings. The van der Waals surface area contributed by atoms with Gasteiger partial charge in [-0.2, -0.15) is 4.31 Å². The number of hydrogen-bond donors (Lipinski definition) is 1. The summed E-state index contributed by atoms with van der Waals surface area (Å²) in [6.07, 6.45) is 0.961. The number of ether oxygens (including phenoxy) is 2. The predicted molar refractivity (Wildman–Crippen MR) is 103 cm³/mol. The first kappa shape index (κ1) is 22.1. The van der Waals surface area contributed by atoms with Crippen molar-refractivity contribution >= 4 is 27.6 Å². The van der Waals surface area contributed by atoms with Crippen molar-refractivity contribution < 1.29 is 22.7 Å². The molecule has 0 aromatic heterocycles. The maximum atomic E-state index is 13.2. The van der Waals surface area contributed by atoms with Gasteiger partial charge in [0, 0.05) is 31.8 Å². The monoisotopic (exact) mass is 418 g/mol. The molecule has 0 radical (unpaired) electrons. The summed E-state index contributed by atoms with van der Waals surface area (Å²) in [7, 11) is -2.32. The van der Waals surface area contributed by atoms with E-state index in [9.17, 15) is 13.2 Å². The van der Waals surface area contributed by atoms with Crippen LogP contribution < -0.4 is 5.73 Å². The van der Waals surface area contributed by atoms with Gasteiger partial charge in [-0.25, -0.2) is 13.2 Å². The average molecular weight is 419 g/mol. The van der Waals surface area contributed by atoms with Crippen LogP contribution in [0.15, 0.2) is 23.1 Å². The Morgan fingerprint density at radius 2 is 1.89 bits per heavy atom. The zero-order valence-corrected chi connectivity index (χ0v) is 17.7. The fourth-order valence-electron chi connectivity index (χ4n) is 2.98. The number of carbonyl (C=O) groups is 1. The van der Waals surface area contributed by atoms with E-state index in [1.54, 1.807) is 27.9 Å². The Kier molecular flexibility index (Phi) is 6.59. The third-order valence-electron chi connectivity index (χ3n) is 4.62. The van der Waals surface area contributed by atoms with Crippen LogP contribution in [-0.2, 0) is 19.5 Å². The second kappa shape index (κ2) is 8.05. The maximum Gasteiger partial charge on any atom is 0.340 e. The van der Waals surface area contributed by atoms with Crippen LogP contribution in [0.5, 0.6) is 0 Å². The van der Waals surface area contributed by atoms with Crippen LogP contribution in [0.2, 0.25) is 5.02 Å². The quantitative estimate of drug-likeness (QED) is 0.737. The molecule has 1 aromatic carbocycles. The van der Waals surface area contributed by atoms with Crippen LogP contribution >= 0.6 is 11.6 Å². The van der Waals surface area contributed by atoms with Crippen molar-refractivity contribution in [1.29, 1.82) is 0 Å². The highest BCUT2D eigenvalue weighted by Gasteiger charge is 2.39. The summed E-state index contributed by atoms with van der Waals surface area (Å²) >= 11 is 6.00. The van der Waals surface area contributed by atoms with Crippen LogP contribution in [0.25, 0.3) is 0 Å². The molecule has 1 heterocycles. The van der Waals surface area contributed by atoms with E-state index in [-0.39, 0.29) is 28.6 Å². The smallest absolute Gasteiger partial charge is 0.340 e. The molecule has 0 amide bonds. The lowest BCUT2D eigenvalue weighted by molar-refractivity contribution is -0.0377. The SMILES string of the molecule is COC1(CN)CCN(S(=O)(=O)c2ccc(Cl)cc2C(=O)OC(C)(C)C)CC1. The first-order valence-electron chi connectivity index (χ1n) is 8.72. The molecule has 27 heavy (non-hydrogen) atoms. The van der Waals surface area contributed by atoms with Gasteiger partial charge in [0.25, 0.3) is 0 Å². The van der Waals surface area contributed by atoms with E-state index >= 15 is 0 Å². The summed E-state index contributed by atoms with van der Waals surface area (Å²) < 4.78 is 38.5. The van der Waals surface area contributed by atoms with E-state index in [0.717, 1.165) is 0 Å². The van der Waals surface area contributed by atoms with Crippen molar-refractivity contribution in [3.63, 3.8) is 0 Å². The normalized spacial score (nSPS) is 18.3. The summed E-state index contributed by atoms with van der Waals surface area (Å²) in [6, 6.07) is 4.12. The topological polar surface area (TPSA) is 98.9 Å². The molecule has 1 aliphatic heterocycles. The number of rotatable bonds is 5. The minimum absolute atomic E-state index is 0.0696. The van der Waals surface area contributed by atoms with Gasteiger partial charge in [-0.3, -0.25) is 0 Å². The first-order chi connectivity index (χ1) is 12.4. The zero-order valence-electron chi connectivity index (χ0n) is 16.1. The van der Waals surface area contributed by atoms with Crippen molar-refractivity contribution in [2.75, 3.05) is 26.7 Å². The standard InChI is InChI=1S/C18H27ClN2O5S/c1-17(2,3)26-16(22)14-11-13(19)5-6-15(14)27(23,24)21-9-7-18(12-20,25-4)8-10-21/h5-6,11H,7-10,12,20H2,1-4H3. The predicted octanol–water partition coefficient (Wildman–Crippen LogP) is 2.42. The molecule has 2 N–H and O–H groups in total. The summed E-state index contributed by atoms with van der Waals surface area (Å²) in [5, 5.41) is 0.259. The third-order valence-corrected chi connectivity index (χ3v) is 6.81. The van der Waals surface area contributed by atoms with Crippen LogP contribution in [0.1, 0.15) is 44.0 Å². The van der Waals surface area contributed by atoms with Gasteiger partial charge in [-0.1, -0.05) is 11.6 Å². The number of hydrogen-bond acceptors (Lipinski definition) is 6. The number of sulfonamides is 1. The van der Waals surface area contributed by atoms with Gasteiger partial charge in [0.05, 0.1) is 16.1 Å². The van der Waals surface area contributed by atoms with Crippen molar-refractivity contribution in [2.45, 2.75) is 49.7 Å². The van der Waals surface area contributed by atoms with Gasteiger partial charge in [0.15, 0.2) is 0 Å². The fraction of sp³-hybridized carbons (Fsp3) is 0.611. The second-order valence-electron chi connectivity index (χ2n) is 7.64. The minimum Gasteiger partial charge on any atom is -0.456 e. The minimum atomic E-state index is -3.90. The maximum absolute atomic E-state index is 13.2. The Labute approximate surface area is 165 Å². The molecular formula is C18H27ClN2O5S. The van der Waals surface area contributed by atoms with E-state index in [1.807, 2.05) is 0 Å². The molecule has 152 valence electrons. The van der Waals surface area contributed by atoms with Gasteiger partial charge in [-0.15, -0.1) is 0 Å². The van der Waals surface area contributed by atoms with Crippen LogP contribution in [0.4, 0.5) is 0 Å². The van der Waals surface area contributed by atoms with Crippen LogP contribution in [-0.4, -0.2) is 56.6 Å². The number of esters is 1. The Balaban J connectivity index is 2.36. The summed E-state index contributed by atoms with van der Waals surface area (Å²) in [5.74, 6) is -0.728. The van der Waals surface area contributed by atoms with Crippen molar-refractivity contribution in [3.05, 3.63) is 28.8 Å². The van der Waals surface area contributed by atoms with E-state index in [2.05, 4.69) is 0 Å². The highest BCUT2D eigenvalue weighted by Crippen LogP contribution is 2.31. The van der Waals surface area contributed by atoms with E-state index in [4.69, 9.17) is 26.8 Å². The van der Waals surface area contributed by atoms with Gasteiger partial charge in [-0.05, 0) is 51.8 Å². The average Bonchev–Trinajstić information content (AvgIpc) is 2.60. The molecule has 0 saturated carbocycles. The lowest BCUT2D eigenvalue weighted by atomic mass is 9.92. The lowest BCUT2D eigenvalue weighted by Crippen LogP contribution is -2.51. The van der Waals surface area contributed by atoms with E-state index < -0.39 is 27.2 Å². The molecule has 1 fully saturated rings. The Morgan fingerprint density at radius 1 is 1.30 bits per heavy atom. The Morgan fingerprint density at radius 3 is 2.37 bits per heavy atom. The lowest BCUT2D eigenvalue weighted by Gasteiger charge is -2.39. The molecule has 1 aromatic rings. The summed E-state index contributed by atoms with van der Waals surface area (Å²) in [4.78, 5) is 12.4. The molecule has 0 unspecified atom stereocenters. The molecule has 0 aliphatic carbocycles. The van der Waals surface area contributed by atoms with Crippen molar-refractivity contribution in [1.82, 2.24) is 4.31 Å². The molecule has 0 atom stereocenters.